The van der Waals surface area contributed by atoms with Crippen LogP contribution in [0.2, 0.25) is 0 Å². The smallest absolute Gasteiger partial charge is 0.343 e. The van der Waals surface area contributed by atoms with Crippen molar-refractivity contribution < 1.29 is 19.4 Å². The minimum Gasteiger partial charge on any atom is -0.478 e. The van der Waals surface area contributed by atoms with Crippen molar-refractivity contribution in [2.45, 2.75) is 51.4 Å². The average Bonchev–Trinajstić information content (AvgIpc) is 2.59. The van der Waals surface area contributed by atoms with E-state index in [1.54, 1.807) is 0 Å². The third-order valence-corrected chi connectivity index (χ3v) is 5.40. The highest BCUT2D eigenvalue weighted by atomic mass is 16.5. The summed E-state index contributed by atoms with van der Waals surface area (Å²) in [5, 5.41) is 8.94. The maximum absolute atomic E-state index is 12.4. The van der Waals surface area contributed by atoms with Crippen molar-refractivity contribution in [2.75, 3.05) is 0 Å². The molecule has 0 aliphatic heterocycles. The molecule has 0 aromatic heterocycles. The Morgan fingerprint density at radius 3 is 1.96 bits per heavy atom. The van der Waals surface area contributed by atoms with Gasteiger partial charge in [0.05, 0.1) is 11.1 Å². The number of esters is 1. The zero-order valence-electron chi connectivity index (χ0n) is 15.6. The van der Waals surface area contributed by atoms with Gasteiger partial charge in [-0.15, -0.1) is 0 Å². The normalized spacial score (nSPS) is 17.2. The Labute approximate surface area is 153 Å². The second-order valence-electron chi connectivity index (χ2n) is 8.25. The highest BCUT2D eigenvalue weighted by Crippen LogP contribution is 2.46. The van der Waals surface area contributed by atoms with E-state index in [4.69, 9.17) is 9.84 Å². The first kappa shape index (κ1) is 18.2. The molecular formula is C22H24O4. The lowest BCUT2D eigenvalue weighted by Gasteiger charge is -2.41. The molecule has 0 atom stereocenters. The summed E-state index contributed by atoms with van der Waals surface area (Å²) in [7, 11) is 0. The third-order valence-electron chi connectivity index (χ3n) is 5.40. The molecule has 0 heterocycles. The summed E-state index contributed by atoms with van der Waals surface area (Å²) in [5.41, 5.74) is 3.14. The molecule has 0 unspecified atom stereocenters. The van der Waals surface area contributed by atoms with Gasteiger partial charge in [-0.05, 0) is 71.2 Å². The minimum atomic E-state index is -1.02. The quantitative estimate of drug-likeness (QED) is 0.627. The monoisotopic (exact) mass is 352 g/mol. The van der Waals surface area contributed by atoms with Crippen molar-refractivity contribution in [2.24, 2.45) is 0 Å². The SMILES string of the molecule is CC1(C)CCC(C)(C)c2cc(OC(=O)c3ccc(C(=O)O)cc3)ccc21. The van der Waals surface area contributed by atoms with Crippen LogP contribution >= 0.6 is 0 Å². The van der Waals surface area contributed by atoms with Crippen LogP contribution in [0, 0.1) is 0 Å². The molecule has 0 amide bonds. The van der Waals surface area contributed by atoms with Gasteiger partial charge in [-0.25, -0.2) is 9.59 Å². The van der Waals surface area contributed by atoms with Crippen molar-refractivity contribution >= 4 is 11.9 Å². The van der Waals surface area contributed by atoms with Crippen LogP contribution in [-0.4, -0.2) is 17.0 Å². The number of carboxylic acid groups (broad SMARTS) is 1. The first-order valence-corrected chi connectivity index (χ1v) is 8.81. The molecule has 4 nitrogen and oxygen atoms in total. The van der Waals surface area contributed by atoms with E-state index in [-0.39, 0.29) is 16.4 Å². The Balaban J connectivity index is 1.87. The number of rotatable bonds is 3. The standard InChI is InChI=1S/C22H24O4/c1-21(2)11-12-22(3,4)18-13-16(9-10-17(18)21)26-20(25)15-7-5-14(6-8-15)19(23)24/h5-10,13H,11-12H2,1-4H3,(H,23,24). The second kappa shape index (κ2) is 6.27. The zero-order chi connectivity index (χ0) is 19.1. The summed E-state index contributed by atoms with van der Waals surface area (Å²) in [5.74, 6) is -0.999. The third kappa shape index (κ3) is 3.36. The van der Waals surface area contributed by atoms with Crippen molar-refractivity contribution in [3.05, 3.63) is 64.7 Å². The van der Waals surface area contributed by atoms with Crippen LogP contribution in [0.5, 0.6) is 5.75 Å². The predicted octanol–water partition coefficient (Wildman–Crippen LogP) is 4.95. The zero-order valence-corrected chi connectivity index (χ0v) is 15.6. The predicted molar refractivity (Wildman–Crippen MR) is 100 cm³/mol. The van der Waals surface area contributed by atoms with E-state index in [1.165, 1.54) is 35.4 Å². The van der Waals surface area contributed by atoms with Crippen LogP contribution in [0.3, 0.4) is 0 Å². The van der Waals surface area contributed by atoms with Gasteiger partial charge in [0, 0.05) is 0 Å². The van der Waals surface area contributed by atoms with Crippen LogP contribution in [0.4, 0.5) is 0 Å². The topological polar surface area (TPSA) is 63.6 Å². The van der Waals surface area contributed by atoms with E-state index < -0.39 is 11.9 Å². The molecule has 2 aromatic carbocycles. The van der Waals surface area contributed by atoms with Gasteiger partial charge in [0.15, 0.2) is 0 Å². The molecule has 0 saturated carbocycles. The molecule has 0 fully saturated rings. The first-order chi connectivity index (χ1) is 12.1. The van der Waals surface area contributed by atoms with E-state index in [0.29, 0.717) is 11.3 Å². The molecule has 0 saturated heterocycles. The Kier molecular flexibility index (Phi) is 4.39. The van der Waals surface area contributed by atoms with Gasteiger partial charge < -0.3 is 9.84 Å². The largest absolute Gasteiger partial charge is 0.478 e. The molecule has 1 N–H and O–H groups in total. The maximum atomic E-state index is 12.4. The number of carboxylic acids is 1. The lowest BCUT2D eigenvalue weighted by Crippen LogP contribution is -2.33. The van der Waals surface area contributed by atoms with Crippen molar-refractivity contribution in [3.63, 3.8) is 0 Å². The van der Waals surface area contributed by atoms with Gasteiger partial charge in [0.1, 0.15) is 5.75 Å². The number of ether oxygens (including phenoxy) is 1. The number of benzene rings is 2. The molecule has 0 radical (unpaired) electrons. The minimum absolute atomic E-state index is 0.0381. The average molecular weight is 352 g/mol. The molecule has 2 aromatic rings. The van der Waals surface area contributed by atoms with Gasteiger partial charge in [-0.1, -0.05) is 33.8 Å². The Morgan fingerprint density at radius 2 is 1.38 bits per heavy atom. The molecule has 1 aliphatic rings. The second-order valence-corrected chi connectivity index (χ2v) is 8.25. The van der Waals surface area contributed by atoms with E-state index in [2.05, 4.69) is 33.8 Å². The summed E-state index contributed by atoms with van der Waals surface area (Å²) < 4.78 is 5.54. The number of fused-ring (bicyclic) bond motifs is 1. The molecule has 26 heavy (non-hydrogen) atoms. The molecule has 136 valence electrons. The van der Waals surface area contributed by atoms with Gasteiger partial charge in [-0.2, -0.15) is 0 Å². The van der Waals surface area contributed by atoms with E-state index in [9.17, 15) is 9.59 Å². The van der Waals surface area contributed by atoms with Crippen LogP contribution in [0.1, 0.15) is 72.4 Å². The molecule has 0 spiro atoms. The fourth-order valence-electron chi connectivity index (χ4n) is 3.55. The summed E-state index contributed by atoms with van der Waals surface area (Å²) in [4.78, 5) is 23.3. The van der Waals surface area contributed by atoms with Crippen LogP contribution in [0.15, 0.2) is 42.5 Å². The van der Waals surface area contributed by atoms with Crippen LogP contribution in [0.25, 0.3) is 0 Å². The Morgan fingerprint density at radius 1 is 0.846 bits per heavy atom. The fourth-order valence-corrected chi connectivity index (χ4v) is 3.55. The summed E-state index contributed by atoms with van der Waals surface area (Å²) in [6, 6.07) is 11.6. The lowest BCUT2D eigenvalue weighted by molar-refractivity contribution is 0.0691. The number of carbonyl (C=O) groups excluding carboxylic acids is 1. The van der Waals surface area contributed by atoms with Gasteiger partial charge in [0.25, 0.3) is 0 Å². The Hall–Kier alpha value is -2.62. The summed E-state index contributed by atoms with van der Waals surface area (Å²) in [6.45, 7) is 8.93. The number of hydrogen-bond donors (Lipinski definition) is 1. The maximum Gasteiger partial charge on any atom is 0.343 e. The van der Waals surface area contributed by atoms with Gasteiger partial charge >= 0.3 is 11.9 Å². The highest BCUT2D eigenvalue weighted by molar-refractivity contribution is 5.93. The van der Waals surface area contributed by atoms with Gasteiger partial charge in [-0.3, -0.25) is 0 Å². The molecular weight excluding hydrogens is 328 g/mol. The fraction of sp³-hybridized carbons (Fsp3) is 0.364. The first-order valence-electron chi connectivity index (χ1n) is 8.81. The van der Waals surface area contributed by atoms with Crippen molar-refractivity contribution in [3.8, 4) is 5.75 Å². The summed E-state index contributed by atoms with van der Waals surface area (Å²) in [6.07, 6.45) is 2.21. The Bertz CT molecular complexity index is 860. The highest BCUT2D eigenvalue weighted by Gasteiger charge is 2.37. The van der Waals surface area contributed by atoms with Crippen LogP contribution in [-0.2, 0) is 10.8 Å². The number of hydrogen-bond acceptors (Lipinski definition) is 3. The van der Waals surface area contributed by atoms with Crippen molar-refractivity contribution in [1.82, 2.24) is 0 Å². The number of aromatic carboxylic acids is 1. The number of carbonyl (C=O) groups is 2. The summed E-state index contributed by atoms with van der Waals surface area (Å²) >= 11 is 0. The van der Waals surface area contributed by atoms with Crippen LogP contribution < -0.4 is 4.74 Å². The van der Waals surface area contributed by atoms with E-state index in [0.717, 1.165) is 12.8 Å². The van der Waals surface area contributed by atoms with Gasteiger partial charge in [0.2, 0.25) is 0 Å². The molecule has 1 aliphatic carbocycles. The molecule has 4 heteroatoms. The molecule has 0 bridgehead atoms. The molecule has 3 rings (SSSR count). The van der Waals surface area contributed by atoms with E-state index in [1.807, 2.05) is 12.1 Å². The van der Waals surface area contributed by atoms with E-state index >= 15 is 0 Å². The lowest BCUT2D eigenvalue weighted by atomic mass is 9.63. The van der Waals surface area contributed by atoms with Crippen molar-refractivity contribution in [1.29, 1.82) is 0 Å².